The van der Waals surface area contributed by atoms with Crippen molar-refractivity contribution in [3.05, 3.63) is 0 Å². The average molecular weight is 133 g/mol. The van der Waals surface area contributed by atoms with Crippen molar-refractivity contribution in [3.8, 4) is 0 Å². The van der Waals surface area contributed by atoms with Gasteiger partial charge in [0.1, 0.15) is 6.61 Å². The first-order valence-electron chi connectivity index (χ1n) is 2.66. The molecule has 0 rings (SSSR count). The van der Waals surface area contributed by atoms with Gasteiger partial charge in [-0.25, -0.2) is 4.79 Å². The Morgan fingerprint density at radius 1 is 1.67 bits per heavy atom. The lowest BCUT2D eigenvalue weighted by Gasteiger charge is -1.98. The predicted octanol–water partition coefficient (Wildman–Crippen LogP) is -0.865. The maximum Gasteiger partial charge on any atom is 0.331 e. The van der Waals surface area contributed by atoms with Crippen molar-refractivity contribution < 1.29 is 14.3 Å². The second-order valence-corrected chi connectivity index (χ2v) is 1.42. The fourth-order valence-corrected chi connectivity index (χ4v) is 0.298. The molecule has 0 bridgehead atoms. The molecule has 0 aliphatic carbocycles. The van der Waals surface area contributed by atoms with Gasteiger partial charge < -0.3 is 15.2 Å². The van der Waals surface area contributed by atoms with Crippen LogP contribution in [0.3, 0.4) is 0 Å². The summed E-state index contributed by atoms with van der Waals surface area (Å²) in [6.07, 6.45) is 0. The molecule has 0 aromatic heterocycles. The highest BCUT2D eigenvalue weighted by Crippen LogP contribution is 1.75. The van der Waals surface area contributed by atoms with Gasteiger partial charge in [0.05, 0.1) is 13.7 Å². The third-order valence-corrected chi connectivity index (χ3v) is 0.710. The van der Waals surface area contributed by atoms with Crippen molar-refractivity contribution >= 4 is 5.97 Å². The Labute approximate surface area is 53.9 Å². The molecule has 0 heterocycles. The number of nitrogens with two attached hydrogens (primary N) is 1. The normalized spacial score (nSPS) is 9.11. The Morgan fingerprint density at radius 3 is 2.78 bits per heavy atom. The van der Waals surface area contributed by atoms with E-state index in [-0.39, 0.29) is 12.6 Å². The lowest BCUT2D eigenvalue weighted by Crippen LogP contribution is -2.15. The number of hydrogen-bond acceptors (Lipinski definition) is 4. The maximum atomic E-state index is 10.3. The molecule has 54 valence electrons. The summed E-state index contributed by atoms with van der Waals surface area (Å²) in [6, 6.07) is 0. The largest absolute Gasteiger partial charge is 0.467 e. The molecular weight excluding hydrogens is 122 g/mol. The summed E-state index contributed by atoms with van der Waals surface area (Å²) in [5.74, 6) is -0.372. The molecule has 0 aromatic rings. The van der Waals surface area contributed by atoms with E-state index < -0.39 is 0 Å². The molecule has 0 saturated carbocycles. The van der Waals surface area contributed by atoms with Crippen molar-refractivity contribution in [3.63, 3.8) is 0 Å². The predicted molar refractivity (Wildman–Crippen MR) is 31.9 cm³/mol. The molecule has 0 aliphatic rings. The highest BCUT2D eigenvalue weighted by molar-refractivity contribution is 5.70. The zero-order chi connectivity index (χ0) is 7.11. The van der Waals surface area contributed by atoms with Gasteiger partial charge in [-0.2, -0.15) is 0 Å². The minimum Gasteiger partial charge on any atom is -0.467 e. The fourth-order valence-electron chi connectivity index (χ4n) is 0.298. The molecular formula is C5H11NO3. The van der Waals surface area contributed by atoms with E-state index in [1.807, 2.05) is 0 Å². The second kappa shape index (κ2) is 5.53. The van der Waals surface area contributed by atoms with Crippen molar-refractivity contribution in [2.75, 3.05) is 26.9 Å². The highest BCUT2D eigenvalue weighted by atomic mass is 16.6. The first kappa shape index (κ1) is 8.39. The van der Waals surface area contributed by atoms with Crippen LogP contribution in [0.15, 0.2) is 0 Å². The Bertz CT molecular complexity index is 84.3. The average Bonchev–Trinajstić information content (AvgIpc) is 1.89. The van der Waals surface area contributed by atoms with E-state index in [0.717, 1.165) is 0 Å². The van der Waals surface area contributed by atoms with Gasteiger partial charge in [-0.3, -0.25) is 0 Å². The Kier molecular flexibility index (Phi) is 5.15. The van der Waals surface area contributed by atoms with E-state index in [0.29, 0.717) is 13.2 Å². The molecule has 0 aromatic carbocycles. The number of carbonyl (C=O) groups is 1. The SMILES string of the molecule is COC(=O)COCCN. The van der Waals surface area contributed by atoms with Crippen LogP contribution in [0.4, 0.5) is 0 Å². The lowest BCUT2D eigenvalue weighted by atomic mass is 10.7. The van der Waals surface area contributed by atoms with Crippen LogP contribution in [0.1, 0.15) is 0 Å². The molecule has 0 spiro atoms. The fraction of sp³-hybridized carbons (Fsp3) is 0.800. The summed E-state index contributed by atoms with van der Waals surface area (Å²) in [5, 5.41) is 0. The van der Waals surface area contributed by atoms with Crippen LogP contribution >= 0.6 is 0 Å². The van der Waals surface area contributed by atoms with E-state index in [1.165, 1.54) is 7.11 Å². The van der Waals surface area contributed by atoms with Crippen LogP contribution in [0.5, 0.6) is 0 Å². The van der Waals surface area contributed by atoms with Gasteiger partial charge in [-0.1, -0.05) is 0 Å². The van der Waals surface area contributed by atoms with Crippen LogP contribution in [0.25, 0.3) is 0 Å². The number of methoxy groups -OCH3 is 1. The third kappa shape index (κ3) is 5.26. The van der Waals surface area contributed by atoms with Crippen LogP contribution in [0.2, 0.25) is 0 Å². The summed E-state index contributed by atoms with van der Waals surface area (Å²) in [5.41, 5.74) is 5.08. The smallest absolute Gasteiger partial charge is 0.331 e. The zero-order valence-corrected chi connectivity index (χ0v) is 5.42. The highest BCUT2D eigenvalue weighted by Gasteiger charge is 1.96. The van der Waals surface area contributed by atoms with E-state index in [2.05, 4.69) is 4.74 Å². The topological polar surface area (TPSA) is 61.5 Å². The quantitative estimate of drug-likeness (QED) is 0.400. The zero-order valence-electron chi connectivity index (χ0n) is 5.42. The monoisotopic (exact) mass is 133 g/mol. The molecule has 9 heavy (non-hydrogen) atoms. The molecule has 2 N–H and O–H groups in total. The Morgan fingerprint density at radius 2 is 2.33 bits per heavy atom. The molecule has 0 atom stereocenters. The molecule has 0 saturated heterocycles. The van der Waals surface area contributed by atoms with Crippen LogP contribution < -0.4 is 5.73 Å². The Balaban J connectivity index is 2.97. The van der Waals surface area contributed by atoms with E-state index in [4.69, 9.17) is 10.5 Å². The van der Waals surface area contributed by atoms with Gasteiger partial charge in [0.15, 0.2) is 0 Å². The first-order chi connectivity index (χ1) is 4.31. The number of hydrogen-bond donors (Lipinski definition) is 1. The van der Waals surface area contributed by atoms with Gasteiger partial charge >= 0.3 is 5.97 Å². The van der Waals surface area contributed by atoms with E-state index in [9.17, 15) is 4.79 Å². The summed E-state index contributed by atoms with van der Waals surface area (Å²) in [6.45, 7) is 0.819. The van der Waals surface area contributed by atoms with Gasteiger partial charge in [0.25, 0.3) is 0 Å². The molecule has 4 heteroatoms. The third-order valence-electron chi connectivity index (χ3n) is 0.710. The van der Waals surface area contributed by atoms with Crippen molar-refractivity contribution in [2.24, 2.45) is 5.73 Å². The molecule has 0 radical (unpaired) electrons. The number of ether oxygens (including phenoxy) is 2. The van der Waals surface area contributed by atoms with Crippen molar-refractivity contribution in [2.45, 2.75) is 0 Å². The molecule has 0 aliphatic heterocycles. The first-order valence-corrected chi connectivity index (χ1v) is 2.66. The number of carbonyl (C=O) groups excluding carboxylic acids is 1. The maximum absolute atomic E-state index is 10.3. The molecule has 0 unspecified atom stereocenters. The minimum absolute atomic E-state index is 0.00625. The van der Waals surface area contributed by atoms with Crippen LogP contribution in [0, 0.1) is 0 Å². The molecule has 0 amide bonds. The summed E-state index contributed by atoms with van der Waals surface area (Å²) in [4.78, 5) is 10.3. The number of rotatable bonds is 4. The minimum atomic E-state index is -0.372. The van der Waals surface area contributed by atoms with Crippen LogP contribution in [-0.2, 0) is 14.3 Å². The Hall–Kier alpha value is -0.610. The van der Waals surface area contributed by atoms with Gasteiger partial charge in [0.2, 0.25) is 0 Å². The van der Waals surface area contributed by atoms with E-state index >= 15 is 0 Å². The van der Waals surface area contributed by atoms with E-state index in [1.54, 1.807) is 0 Å². The second-order valence-electron chi connectivity index (χ2n) is 1.42. The lowest BCUT2D eigenvalue weighted by molar-refractivity contribution is -0.145. The standard InChI is InChI=1S/C5H11NO3/c1-8-5(7)4-9-3-2-6/h2-4,6H2,1H3. The summed E-state index contributed by atoms with van der Waals surface area (Å²) < 4.78 is 9.03. The van der Waals surface area contributed by atoms with Gasteiger partial charge in [-0.15, -0.1) is 0 Å². The number of esters is 1. The summed E-state index contributed by atoms with van der Waals surface area (Å²) in [7, 11) is 1.31. The summed E-state index contributed by atoms with van der Waals surface area (Å²) >= 11 is 0. The molecule has 0 fully saturated rings. The molecule has 4 nitrogen and oxygen atoms in total. The van der Waals surface area contributed by atoms with Crippen molar-refractivity contribution in [1.29, 1.82) is 0 Å². The van der Waals surface area contributed by atoms with Gasteiger partial charge in [-0.05, 0) is 0 Å². The van der Waals surface area contributed by atoms with Crippen LogP contribution in [-0.4, -0.2) is 32.8 Å². The van der Waals surface area contributed by atoms with Crippen molar-refractivity contribution in [1.82, 2.24) is 0 Å². The van der Waals surface area contributed by atoms with Gasteiger partial charge in [0, 0.05) is 6.54 Å².